The lowest BCUT2D eigenvalue weighted by Gasteiger charge is -2.08. The standard InChI is InChI=1S/C24H14N4/c1-2-4-16-14(3-1)9-15-10-21-23(11-18(15)16)28-22-6-8-26-13-20(22)19-12-25-7-5-17(19)24(28)27-21/h1-8,10-13H,9H2. The van der Waals surface area contributed by atoms with E-state index in [2.05, 4.69) is 56.8 Å². The van der Waals surface area contributed by atoms with E-state index in [1.807, 2.05) is 30.9 Å². The molecule has 0 spiro atoms. The molecule has 6 aromatic rings. The first kappa shape index (κ1) is 14.3. The van der Waals surface area contributed by atoms with Crippen molar-refractivity contribution < 1.29 is 0 Å². The monoisotopic (exact) mass is 358 g/mol. The summed E-state index contributed by atoms with van der Waals surface area (Å²) in [6.45, 7) is 0. The van der Waals surface area contributed by atoms with Crippen LogP contribution in [-0.2, 0) is 6.42 Å². The van der Waals surface area contributed by atoms with Gasteiger partial charge in [-0.15, -0.1) is 0 Å². The second-order valence-corrected chi connectivity index (χ2v) is 7.42. The van der Waals surface area contributed by atoms with Crippen molar-refractivity contribution in [2.24, 2.45) is 0 Å². The SMILES string of the molecule is c1ccc2c(c1)Cc1cc3nc4c5ccncc5c5cnccc5n4c3cc1-2. The second-order valence-electron chi connectivity index (χ2n) is 7.42. The lowest BCUT2D eigenvalue weighted by atomic mass is 10.1. The lowest BCUT2D eigenvalue weighted by Crippen LogP contribution is -1.92. The highest BCUT2D eigenvalue weighted by Crippen LogP contribution is 2.40. The zero-order valence-electron chi connectivity index (χ0n) is 14.9. The fourth-order valence-electron chi connectivity index (χ4n) is 4.72. The largest absolute Gasteiger partial charge is 0.292 e. The minimum absolute atomic E-state index is 0.975. The maximum Gasteiger partial charge on any atom is 0.146 e. The molecule has 4 nitrogen and oxygen atoms in total. The van der Waals surface area contributed by atoms with Gasteiger partial charge in [0.15, 0.2) is 0 Å². The van der Waals surface area contributed by atoms with Crippen LogP contribution in [0.25, 0.3) is 49.5 Å². The Morgan fingerprint density at radius 2 is 1.57 bits per heavy atom. The molecule has 0 unspecified atom stereocenters. The van der Waals surface area contributed by atoms with Crippen LogP contribution in [0, 0.1) is 0 Å². The van der Waals surface area contributed by atoms with Crippen molar-refractivity contribution in [2.45, 2.75) is 6.42 Å². The summed E-state index contributed by atoms with van der Waals surface area (Å²) >= 11 is 0. The molecule has 0 saturated heterocycles. The van der Waals surface area contributed by atoms with E-state index in [-0.39, 0.29) is 0 Å². The summed E-state index contributed by atoms with van der Waals surface area (Å²) in [4.78, 5) is 13.7. The van der Waals surface area contributed by atoms with E-state index in [1.165, 1.54) is 22.3 Å². The Morgan fingerprint density at radius 1 is 0.714 bits per heavy atom. The third kappa shape index (κ3) is 1.68. The van der Waals surface area contributed by atoms with Crippen molar-refractivity contribution in [1.29, 1.82) is 0 Å². The molecule has 0 fully saturated rings. The molecule has 0 radical (unpaired) electrons. The van der Waals surface area contributed by atoms with Crippen LogP contribution in [0.2, 0.25) is 0 Å². The van der Waals surface area contributed by atoms with E-state index in [9.17, 15) is 0 Å². The van der Waals surface area contributed by atoms with Crippen molar-refractivity contribution in [3.8, 4) is 11.1 Å². The number of aromatic nitrogens is 4. The molecule has 28 heavy (non-hydrogen) atoms. The van der Waals surface area contributed by atoms with Gasteiger partial charge < -0.3 is 0 Å². The Morgan fingerprint density at radius 3 is 2.54 bits per heavy atom. The molecule has 1 aliphatic carbocycles. The highest BCUT2D eigenvalue weighted by molar-refractivity contribution is 6.13. The maximum atomic E-state index is 5.05. The van der Waals surface area contributed by atoms with Gasteiger partial charge in [-0.3, -0.25) is 14.4 Å². The Kier molecular flexibility index (Phi) is 2.51. The molecule has 130 valence electrons. The first-order valence-electron chi connectivity index (χ1n) is 9.41. The van der Waals surface area contributed by atoms with Crippen LogP contribution in [0.15, 0.2) is 73.3 Å². The van der Waals surface area contributed by atoms with Gasteiger partial charge in [-0.05, 0) is 52.9 Å². The number of nitrogens with zero attached hydrogens (tertiary/aromatic N) is 4. The average Bonchev–Trinajstić information content (AvgIpc) is 3.30. The van der Waals surface area contributed by atoms with E-state index < -0.39 is 0 Å². The van der Waals surface area contributed by atoms with E-state index >= 15 is 0 Å². The molecule has 0 saturated carbocycles. The normalized spacial score (nSPS) is 12.9. The molecule has 0 amide bonds. The van der Waals surface area contributed by atoms with E-state index in [0.29, 0.717) is 0 Å². The summed E-state index contributed by atoms with van der Waals surface area (Å²) in [6.07, 6.45) is 8.49. The number of hydrogen-bond acceptors (Lipinski definition) is 3. The van der Waals surface area contributed by atoms with Crippen molar-refractivity contribution in [1.82, 2.24) is 19.4 Å². The van der Waals surface area contributed by atoms with Gasteiger partial charge in [-0.2, -0.15) is 0 Å². The van der Waals surface area contributed by atoms with E-state index in [1.54, 1.807) is 0 Å². The molecule has 0 N–H and O–H groups in total. The predicted molar refractivity (Wildman–Crippen MR) is 112 cm³/mol. The van der Waals surface area contributed by atoms with Crippen molar-refractivity contribution >= 4 is 38.4 Å². The van der Waals surface area contributed by atoms with Gasteiger partial charge in [0.25, 0.3) is 0 Å². The molecule has 4 heterocycles. The molecule has 7 rings (SSSR count). The van der Waals surface area contributed by atoms with E-state index in [0.717, 1.165) is 44.8 Å². The van der Waals surface area contributed by atoms with Gasteiger partial charge in [0.05, 0.1) is 16.6 Å². The average molecular weight is 358 g/mol. The molecule has 4 aromatic heterocycles. The number of hydrogen-bond donors (Lipinski definition) is 0. The van der Waals surface area contributed by atoms with Crippen LogP contribution in [0.5, 0.6) is 0 Å². The van der Waals surface area contributed by atoms with Gasteiger partial charge in [0.2, 0.25) is 0 Å². The number of fused-ring (bicyclic) bond motifs is 11. The number of imidazole rings is 1. The van der Waals surface area contributed by atoms with Gasteiger partial charge in [-0.1, -0.05) is 24.3 Å². The number of benzene rings is 2. The van der Waals surface area contributed by atoms with Crippen LogP contribution in [0.4, 0.5) is 0 Å². The summed E-state index contributed by atoms with van der Waals surface area (Å²) in [7, 11) is 0. The maximum absolute atomic E-state index is 5.05. The van der Waals surface area contributed by atoms with Crippen molar-refractivity contribution in [2.75, 3.05) is 0 Å². The van der Waals surface area contributed by atoms with Crippen LogP contribution in [0.1, 0.15) is 11.1 Å². The summed E-state index contributed by atoms with van der Waals surface area (Å²) in [5.74, 6) is 0. The van der Waals surface area contributed by atoms with Gasteiger partial charge >= 0.3 is 0 Å². The van der Waals surface area contributed by atoms with Crippen molar-refractivity contribution in [3.05, 3.63) is 84.4 Å². The first-order chi connectivity index (χ1) is 13.9. The van der Waals surface area contributed by atoms with Gasteiger partial charge in [0, 0.05) is 40.9 Å². The van der Waals surface area contributed by atoms with Crippen molar-refractivity contribution in [3.63, 3.8) is 0 Å². The minimum atomic E-state index is 0.975. The van der Waals surface area contributed by atoms with Crippen LogP contribution < -0.4 is 0 Å². The molecule has 0 bridgehead atoms. The first-order valence-corrected chi connectivity index (χ1v) is 9.41. The minimum Gasteiger partial charge on any atom is -0.292 e. The fourth-order valence-corrected chi connectivity index (χ4v) is 4.72. The molecule has 1 aliphatic rings. The lowest BCUT2D eigenvalue weighted by molar-refractivity contribution is 1.27. The topological polar surface area (TPSA) is 43.1 Å². The zero-order chi connectivity index (χ0) is 18.2. The molecule has 0 aliphatic heterocycles. The summed E-state index contributed by atoms with van der Waals surface area (Å²) in [5, 5.41) is 3.29. The summed E-state index contributed by atoms with van der Waals surface area (Å²) in [5.41, 5.74) is 9.67. The third-order valence-electron chi connectivity index (χ3n) is 5.96. The highest BCUT2D eigenvalue weighted by Gasteiger charge is 2.21. The molecule has 4 heteroatoms. The summed E-state index contributed by atoms with van der Waals surface area (Å²) in [6, 6.07) is 17.4. The van der Waals surface area contributed by atoms with Crippen LogP contribution in [-0.4, -0.2) is 19.4 Å². The van der Waals surface area contributed by atoms with Gasteiger partial charge in [-0.25, -0.2) is 4.98 Å². The highest BCUT2D eigenvalue weighted by atomic mass is 15.0. The molecule has 0 atom stereocenters. The van der Waals surface area contributed by atoms with Crippen LogP contribution in [0.3, 0.4) is 0 Å². The number of pyridine rings is 3. The second kappa shape index (κ2) is 4.93. The quantitative estimate of drug-likeness (QED) is 0.352. The Labute approximate surface area is 160 Å². The zero-order valence-corrected chi connectivity index (χ0v) is 14.9. The Balaban J connectivity index is 1.72. The number of rotatable bonds is 0. The fraction of sp³-hybridized carbons (Fsp3) is 0.0417. The molecular weight excluding hydrogens is 344 g/mol. The third-order valence-corrected chi connectivity index (χ3v) is 5.96. The smallest absolute Gasteiger partial charge is 0.146 e. The van der Waals surface area contributed by atoms with Crippen LogP contribution >= 0.6 is 0 Å². The Bertz CT molecular complexity index is 1590. The predicted octanol–water partition coefficient (Wildman–Crippen LogP) is 5.16. The molecule has 2 aromatic carbocycles. The Hall–Kier alpha value is -3.79. The van der Waals surface area contributed by atoms with E-state index in [4.69, 9.17) is 4.98 Å². The molecular formula is C24H14N4. The summed E-state index contributed by atoms with van der Waals surface area (Å²) < 4.78 is 2.27. The van der Waals surface area contributed by atoms with Gasteiger partial charge in [0.1, 0.15) is 5.65 Å².